The summed E-state index contributed by atoms with van der Waals surface area (Å²) < 4.78 is 5.63. The van der Waals surface area contributed by atoms with Crippen LogP contribution in [0.15, 0.2) is 24.3 Å². The Labute approximate surface area is 150 Å². The summed E-state index contributed by atoms with van der Waals surface area (Å²) in [6.07, 6.45) is 7.20. The molecule has 1 saturated carbocycles. The summed E-state index contributed by atoms with van der Waals surface area (Å²) >= 11 is 7.43. The highest BCUT2D eigenvalue weighted by atomic mass is 32.2. The molecule has 0 amide bonds. The van der Waals surface area contributed by atoms with Gasteiger partial charge in [0.1, 0.15) is 5.75 Å². The molecule has 2 rings (SSSR count). The Morgan fingerprint density at radius 1 is 1.22 bits per heavy atom. The molecule has 0 spiro atoms. The number of hydrogen-bond acceptors (Lipinski definition) is 3. The van der Waals surface area contributed by atoms with Gasteiger partial charge in [-0.1, -0.05) is 19.3 Å². The van der Waals surface area contributed by atoms with E-state index >= 15 is 0 Å². The Kier molecular flexibility index (Phi) is 8.03. The average Bonchev–Trinajstić information content (AvgIpc) is 2.54. The van der Waals surface area contributed by atoms with E-state index in [9.17, 15) is 0 Å². The monoisotopic (exact) mass is 352 g/mol. The van der Waals surface area contributed by atoms with Crippen LogP contribution in [0, 0.1) is 0 Å². The van der Waals surface area contributed by atoms with Crippen LogP contribution in [-0.4, -0.2) is 28.8 Å². The maximum Gasteiger partial charge on any atom is 0.170 e. The number of anilines is 1. The van der Waals surface area contributed by atoms with Gasteiger partial charge in [-0.25, -0.2) is 0 Å². The van der Waals surface area contributed by atoms with Gasteiger partial charge in [-0.2, -0.15) is 11.8 Å². The second-order valence-electron chi connectivity index (χ2n) is 6.20. The van der Waals surface area contributed by atoms with Crippen LogP contribution >= 0.6 is 24.0 Å². The summed E-state index contributed by atoms with van der Waals surface area (Å²) in [5.41, 5.74) is 0.985. The van der Waals surface area contributed by atoms with E-state index in [0.29, 0.717) is 5.11 Å². The van der Waals surface area contributed by atoms with E-state index in [1.165, 1.54) is 32.1 Å². The molecule has 0 radical (unpaired) electrons. The maximum absolute atomic E-state index is 5.63. The fraction of sp³-hybridized carbons (Fsp3) is 0.611. The average molecular weight is 353 g/mol. The first-order valence-corrected chi connectivity index (χ1v) is 10.0. The third-order valence-corrected chi connectivity index (χ3v) is 5.41. The lowest BCUT2D eigenvalue weighted by molar-refractivity contribution is 0.242. The normalized spacial score (nSPS) is 15.4. The number of nitrogens with one attached hydrogen (secondary N) is 2. The first-order chi connectivity index (χ1) is 11.1. The number of thiocarbonyl (C=S) groups is 1. The van der Waals surface area contributed by atoms with Crippen molar-refractivity contribution in [2.45, 2.75) is 57.3 Å². The number of hydrogen-bond donors (Lipinski definition) is 2. The third-order valence-electron chi connectivity index (χ3n) is 3.78. The molecule has 128 valence electrons. The minimum absolute atomic E-state index is 0.193. The molecule has 0 aliphatic heterocycles. The molecular formula is C18H28N2OS2. The highest BCUT2D eigenvalue weighted by Gasteiger charge is 2.13. The Hall–Kier alpha value is -0.940. The van der Waals surface area contributed by atoms with Crippen molar-refractivity contribution in [3.8, 4) is 5.75 Å². The second-order valence-corrected chi connectivity index (χ2v) is 8.02. The van der Waals surface area contributed by atoms with Gasteiger partial charge in [0.25, 0.3) is 0 Å². The molecular weight excluding hydrogens is 324 g/mol. The van der Waals surface area contributed by atoms with Crippen LogP contribution in [0.25, 0.3) is 0 Å². The van der Waals surface area contributed by atoms with Crippen LogP contribution in [0.2, 0.25) is 0 Å². The van der Waals surface area contributed by atoms with Crippen LogP contribution in [-0.2, 0) is 0 Å². The molecule has 1 aliphatic carbocycles. The van der Waals surface area contributed by atoms with E-state index in [2.05, 4.69) is 22.4 Å². The second kappa shape index (κ2) is 10.0. The summed E-state index contributed by atoms with van der Waals surface area (Å²) in [7, 11) is 0. The van der Waals surface area contributed by atoms with Crippen molar-refractivity contribution in [1.82, 2.24) is 5.32 Å². The molecule has 1 aromatic carbocycles. The molecule has 0 aromatic heterocycles. The molecule has 1 fully saturated rings. The molecule has 23 heavy (non-hydrogen) atoms. The van der Waals surface area contributed by atoms with Gasteiger partial charge >= 0.3 is 0 Å². The zero-order valence-corrected chi connectivity index (χ0v) is 15.8. The largest absolute Gasteiger partial charge is 0.491 e. The van der Waals surface area contributed by atoms with Crippen molar-refractivity contribution in [3.05, 3.63) is 24.3 Å². The lowest BCUT2D eigenvalue weighted by Crippen LogP contribution is -2.30. The van der Waals surface area contributed by atoms with E-state index in [1.807, 2.05) is 38.1 Å². The van der Waals surface area contributed by atoms with Crippen molar-refractivity contribution in [2.75, 3.05) is 17.6 Å². The summed E-state index contributed by atoms with van der Waals surface area (Å²) in [5, 5.41) is 8.05. The van der Waals surface area contributed by atoms with Gasteiger partial charge in [0.05, 0.1) is 6.10 Å². The minimum Gasteiger partial charge on any atom is -0.491 e. The Balaban J connectivity index is 1.62. The standard InChI is InChI=1S/C18H28N2OS2/c1-14(2)21-16-10-8-15(9-11-16)20-18(22)19-12-13-23-17-6-4-3-5-7-17/h8-11,14,17H,3-7,12-13H2,1-2H3,(H2,19,20,22). The van der Waals surface area contributed by atoms with Crippen molar-refractivity contribution in [3.63, 3.8) is 0 Å². The molecule has 5 heteroatoms. The first-order valence-electron chi connectivity index (χ1n) is 8.56. The van der Waals surface area contributed by atoms with Crippen LogP contribution < -0.4 is 15.4 Å². The summed E-state index contributed by atoms with van der Waals surface area (Å²) in [4.78, 5) is 0. The molecule has 0 bridgehead atoms. The van der Waals surface area contributed by atoms with Crippen molar-refractivity contribution < 1.29 is 4.74 Å². The van der Waals surface area contributed by atoms with E-state index in [4.69, 9.17) is 17.0 Å². The molecule has 0 unspecified atom stereocenters. The van der Waals surface area contributed by atoms with Gasteiger partial charge in [0, 0.05) is 23.2 Å². The number of thioether (sulfide) groups is 1. The lowest BCUT2D eigenvalue weighted by Gasteiger charge is -2.21. The Bertz CT molecular complexity index is 470. The van der Waals surface area contributed by atoms with Gasteiger partial charge in [-0.3, -0.25) is 0 Å². The highest BCUT2D eigenvalue weighted by Crippen LogP contribution is 2.27. The fourth-order valence-electron chi connectivity index (χ4n) is 2.69. The van der Waals surface area contributed by atoms with Gasteiger partial charge in [-0.15, -0.1) is 0 Å². The highest BCUT2D eigenvalue weighted by molar-refractivity contribution is 7.99. The zero-order valence-electron chi connectivity index (χ0n) is 14.1. The Morgan fingerprint density at radius 2 is 1.91 bits per heavy atom. The quantitative estimate of drug-likeness (QED) is 0.543. The number of ether oxygens (including phenoxy) is 1. The fourth-order valence-corrected chi connectivity index (χ4v) is 4.13. The molecule has 1 aliphatic rings. The SMILES string of the molecule is CC(C)Oc1ccc(NC(=S)NCCSC2CCCCC2)cc1. The van der Waals surface area contributed by atoms with Crippen LogP contribution in [0.5, 0.6) is 5.75 Å². The number of benzene rings is 1. The van der Waals surface area contributed by atoms with E-state index in [0.717, 1.165) is 29.0 Å². The van der Waals surface area contributed by atoms with Gasteiger partial charge in [-0.05, 0) is 63.2 Å². The molecule has 0 heterocycles. The van der Waals surface area contributed by atoms with Gasteiger partial charge in [0.2, 0.25) is 0 Å². The zero-order chi connectivity index (χ0) is 16.5. The summed E-state index contributed by atoms with van der Waals surface area (Å²) in [6, 6.07) is 7.90. The van der Waals surface area contributed by atoms with Crippen LogP contribution in [0.1, 0.15) is 46.0 Å². The van der Waals surface area contributed by atoms with Crippen LogP contribution in [0.3, 0.4) is 0 Å². The summed E-state index contributed by atoms with van der Waals surface area (Å²) in [6.45, 7) is 4.97. The minimum atomic E-state index is 0.193. The number of rotatable bonds is 7. The molecule has 3 nitrogen and oxygen atoms in total. The van der Waals surface area contributed by atoms with Gasteiger partial charge < -0.3 is 15.4 Å². The smallest absolute Gasteiger partial charge is 0.170 e. The van der Waals surface area contributed by atoms with Gasteiger partial charge in [0.15, 0.2) is 5.11 Å². The van der Waals surface area contributed by atoms with Crippen molar-refractivity contribution in [1.29, 1.82) is 0 Å². The molecule has 1 aromatic rings. The summed E-state index contributed by atoms with van der Waals surface area (Å²) in [5.74, 6) is 2.00. The Morgan fingerprint density at radius 3 is 2.57 bits per heavy atom. The van der Waals surface area contributed by atoms with E-state index in [1.54, 1.807) is 0 Å². The molecule has 0 atom stereocenters. The van der Waals surface area contributed by atoms with E-state index in [-0.39, 0.29) is 6.10 Å². The van der Waals surface area contributed by atoms with Crippen molar-refractivity contribution >= 4 is 34.8 Å². The predicted octanol–water partition coefficient (Wildman–Crippen LogP) is 4.83. The molecule has 2 N–H and O–H groups in total. The topological polar surface area (TPSA) is 33.3 Å². The third kappa shape index (κ3) is 7.44. The molecule has 0 saturated heterocycles. The predicted molar refractivity (Wildman–Crippen MR) is 106 cm³/mol. The first kappa shape index (κ1) is 18.4. The maximum atomic E-state index is 5.63. The lowest BCUT2D eigenvalue weighted by atomic mass is 10.0. The van der Waals surface area contributed by atoms with E-state index < -0.39 is 0 Å². The van der Waals surface area contributed by atoms with Crippen molar-refractivity contribution in [2.24, 2.45) is 0 Å². The van der Waals surface area contributed by atoms with Crippen LogP contribution in [0.4, 0.5) is 5.69 Å².